The molecule has 10 aromatic rings. The lowest BCUT2D eigenvalue weighted by molar-refractivity contribution is 0.731. The first-order valence-corrected chi connectivity index (χ1v) is 18.2. The Morgan fingerprint density at radius 3 is 2.04 bits per heavy atom. The summed E-state index contributed by atoms with van der Waals surface area (Å²) in [7, 11) is 0. The van der Waals surface area contributed by atoms with E-state index in [-0.39, 0.29) is 11.5 Å². The summed E-state index contributed by atoms with van der Waals surface area (Å²) < 4.78 is 1.94. The average Bonchev–Trinajstić information content (AvgIpc) is 3.45. The van der Waals surface area contributed by atoms with Crippen LogP contribution in [-0.4, -0.2) is 4.40 Å². The molecular formula is C50H33NO. The zero-order chi connectivity index (χ0) is 34.3. The maximum atomic E-state index is 14.3. The molecule has 0 bridgehead atoms. The van der Waals surface area contributed by atoms with Crippen molar-refractivity contribution in [3.8, 4) is 33.4 Å². The van der Waals surface area contributed by atoms with Gasteiger partial charge in [-0.2, -0.15) is 0 Å². The van der Waals surface area contributed by atoms with Gasteiger partial charge in [-0.3, -0.25) is 9.20 Å². The van der Waals surface area contributed by atoms with Crippen LogP contribution in [0.15, 0.2) is 175 Å². The standard InChI is InChI=1S/C50H33NO/c52-50-44-25-22-33(31-11-2-1-3-12-31)28-46(44)42-19-10-20-43-47-29-34(23-26-48(47)51(50)49(42)43)36-27-35-14-5-7-16-38(35)45(30-36)41-24-21-32-13-4-6-15-37(32)39-17-8-9-18-40(39)41/h1-20,22-23,25-30,41H,21,24H2. The van der Waals surface area contributed by atoms with Gasteiger partial charge in [0, 0.05) is 27.5 Å². The van der Waals surface area contributed by atoms with E-state index >= 15 is 0 Å². The van der Waals surface area contributed by atoms with Crippen LogP contribution in [0.25, 0.3) is 82.1 Å². The monoisotopic (exact) mass is 663 g/mol. The highest BCUT2D eigenvalue weighted by atomic mass is 16.1. The lowest BCUT2D eigenvalue weighted by Gasteiger charge is -2.22. The van der Waals surface area contributed by atoms with Gasteiger partial charge in [0.1, 0.15) is 0 Å². The van der Waals surface area contributed by atoms with Crippen LogP contribution in [0.3, 0.4) is 0 Å². The smallest absolute Gasteiger partial charge is 0.263 e. The average molecular weight is 664 g/mol. The minimum atomic E-state index is 0.0297. The first kappa shape index (κ1) is 29.2. The SMILES string of the molecule is O=c1c2ccc(-c3ccccc3)cc2c2cccc3c4cc(-c5cc(C6CCc7ccccc7-c7ccccc76)c6ccccc6c5)ccc4n1c23. The molecule has 1 atom stereocenters. The van der Waals surface area contributed by atoms with Crippen LogP contribution in [0, 0.1) is 0 Å². The molecule has 8 aromatic carbocycles. The van der Waals surface area contributed by atoms with Gasteiger partial charge in [-0.1, -0.05) is 133 Å². The van der Waals surface area contributed by atoms with Crippen molar-refractivity contribution in [1.82, 2.24) is 4.40 Å². The summed E-state index contributed by atoms with van der Waals surface area (Å²) in [6.07, 6.45) is 2.08. The predicted molar refractivity (Wildman–Crippen MR) is 218 cm³/mol. The minimum absolute atomic E-state index is 0.0297. The molecule has 0 saturated carbocycles. The number of benzene rings is 8. The summed E-state index contributed by atoms with van der Waals surface area (Å²) in [5.41, 5.74) is 13.5. The summed E-state index contributed by atoms with van der Waals surface area (Å²) >= 11 is 0. The van der Waals surface area contributed by atoms with Crippen molar-refractivity contribution in [3.63, 3.8) is 0 Å². The molecule has 0 saturated heterocycles. The minimum Gasteiger partial charge on any atom is -0.275 e. The van der Waals surface area contributed by atoms with Gasteiger partial charge < -0.3 is 0 Å². The van der Waals surface area contributed by atoms with Crippen LogP contribution < -0.4 is 5.56 Å². The normalized spacial score (nSPS) is 14.3. The van der Waals surface area contributed by atoms with E-state index < -0.39 is 0 Å². The van der Waals surface area contributed by atoms with E-state index in [0.717, 1.165) is 67.5 Å². The van der Waals surface area contributed by atoms with E-state index in [0.29, 0.717) is 0 Å². The molecule has 11 rings (SSSR count). The van der Waals surface area contributed by atoms with Crippen LogP contribution in [0.2, 0.25) is 0 Å². The van der Waals surface area contributed by atoms with Crippen LogP contribution in [0.4, 0.5) is 0 Å². The number of aromatic nitrogens is 1. The fraction of sp³-hybridized carbons (Fsp3) is 0.0600. The Kier molecular flexibility index (Phi) is 6.33. The van der Waals surface area contributed by atoms with Gasteiger partial charge in [0.25, 0.3) is 5.56 Å². The van der Waals surface area contributed by atoms with Crippen molar-refractivity contribution >= 4 is 48.7 Å². The summed E-state index contributed by atoms with van der Waals surface area (Å²) in [6.45, 7) is 0. The van der Waals surface area contributed by atoms with Crippen molar-refractivity contribution in [2.75, 3.05) is 0 Å². The lowest BCUT2D eigenvalue weighted by atomic mass is 9.82. The van der Waals surface area contributed by atoms with Crippen LogP contribution in [-0.2, 0) is 6.42 Å². The Morgan fingerprint density at radius 2 is 1.13 bits per heavy atom. The van der Waals surface area contributed by atoms with Gasteiger partial charge >= 0.3 is 0 Å². The first-order chi connectivity index (χ1) is 25.7. The Balaban J connectivity index is 1.12. The fourth-order valence-corrected chi connectivity index (χ4v) is 9.18. The summed E-state index contributed by atoms with van der Waals surface area (Å²) in [5.74, 6) is 0.257. The highest BCUT2D eigenvalue weighted by Crippen LogP contribution is 2.45. The Hall–Kier alpha value is -6.51. The number of nitrogens with zero attached hydrogens (tertiary/aromatic N) is 1. The molecule has 244 valence electrons. The molecule has 1 unspecified atom stereocenters. The van der Waals surface area contributed by atoms with E-state index in [1.165, 1.54) is 44.2 Å². The highest BCUT2D eigenvalue weighted by Gasteiger charge is 2.25. The van der Waals surface area contributed by atoms with Crippen LogP contribution in [0.5, 0.6) is 0 Å². The predicted octanol–water partition coefficient (Wildman–Crippen LogP) is 12.4. The largest absolute Gasteiger partial charge is 0.275 e. The molecule has 2 heterocycles. The fourth-order valence-electron chi connectivity index (χ4n) is 9.18. The summed E-state index contributed by atoms with van der Waals surface area (Å²) in [4.78, 5) is 14.3. The van der Waals surface area contributed by atoms with Gasteiger partial charge in [-0.05, 0) is 115 Å². The summed E-state index contributed by atoms with van der Waals surface area (Å²) in [6, 6.07) is 61.3. The number of rotatable bonds is 3. The first-order valence-electron chi connectivity index (χ1n) is 18.2. The van der Waals surface area contributed by atoms with E-state index in [1.807, 2.05) is 16.5 Å². The topological polar surface area (TPSA) is 21.5 Å². The van der Waals surface area contributed by atoms with Crippen molar-refractivity contribution in [3.05, 3.63) is 197 Å². The van der Waals surface area contributed by atoms with E-state index in [4.69, 9.17) is 0 Å². The molecule has 2 heteroatoms. The second kappa shape index (κ2) is 11.2. The molecule has 0 spiro atoms. The van der Waals surface area contributed by atoms with E-state index in [2.05, 4.69) is 158 Å². The molecule has 52 heavy (non-hydrogen) atoms. The Morgan fingerprint density at radius 1 is 0.442 bits per heavy atom. The van der Waals surface area contributed by atoms with Gasteiger partial charge in [-0.15, -0.1) is 0 Å². The quantitative estimate of drug-likeness (QED) is 0.172. The third-order valence-electron chi connectivity index (χ3n) is 11.6. The van der Waals surface area contributed by atoms with E-state index in [9.17, 15) is 4.79 Å². The summed E-state index contributed by atoms with van der Waals surface area (Å²) in [5, 5.41) is 7.60. The molecular weight excluding hydrogens is 631 g/mol. The Bertz CT molecular complexity index is 3100. The number of pyridine rings is 1. The van der Waals surface area contributed by atoms with Gasteiger partial charge in [0.05, 0.1) is 11.0 Å². The van der Waals surface area contributed by atoms with E-state index in [1.54, 1.807) is 0 Å². The molecule has 0 fully saturated rings. The number of aryl methyl sites for hydroxylation is 1. The molecule has 2 nitrogen and oxygen atoms in total. The maximum Gasteiger partial charge on any atom is 0.263 e. The third kappa shape index (κ3) is 4.28. The van der Waals surface area contributed by atoms with Gasteiger partial charge in [0.15, 0.2) is 0 Å². The zero-order valence-electron chi connectivity index (χ0n) is 28.5. The zero-order valence-corrected chi connectivity index (χ0v) is 28.5. The molecule has 0 aliphatic heterocycles. The van der Waals surface area contributed by atoms with Gasteiger partial charge in [0.2, 0.25) is 0 Å². The molecule has 1 aliphatic carbocycles. The molecule has 0 N–H and O–H groups in total. The van der Waals surface area contributed by atoms with Gasteiger partial charge in [-0.25, -0.2) is 0 Å². The molecule has 1 aliphatic rings. The maximum absolute atomic E-state index is 14.3. The van der Waals surface area contributed by atoms with Crippen LogP contribution >= 0.6 is 0 Å². The molecule has 2 aromatic heterocycles. The van der Waals surface area contributed by atoms with Crippen molar-refractivity contribution in [1.29, 1.82) is 0 Å². The second-order valence-corrected chi connectivity index (χ2v) is 14.3. The lowest BCUT2D eigenvalue weighted by Crippen LogP contribution is -2.12. The number of fused-ring (bicyclic) bond motifs is 9. The second-order valence-electron chi connectivity index (χ2n) is 14.3. The molecule has 0 radical (unpaired) electrons. The molecule has 0 amide bonds. The van der Waals surface area contributed by atoms with Crippen molar-refractivity contribution in [2.24, 2.45) is 0 Å². The number of hydrogen-bond acceptors (Lipinski definition) is 1. The third-order valence-corrected chi connectivity index (χ3v) is 11.6. The highest BCUT2D eigenvalue weighted by molar-refractivity contribution is 6.21. The number of para-hydroxylation sites is 1. The van der Waals surface area contributed by atoms with Crippen LogP contribution in [0.1, 0.15) is 29.0 Å². The van der Waals surface area contributed by atoms with Crippen molar-refractivity contribution in [2.45, 2.75) is 18.8 Å². The number of hydrogen-bond donors (Lipinski definition) is 0. The Labute approximate surface area is 301 Å². The van der Waals surface area contributed by atoms with Crippen molar-refractivity contribution < 1.29 is 0 Å².